The van der Waals surface area contributed by atoms with Gasteiger partial charge in [0.25, 0.3) is 0 Å². The van der Waals surface area contributed by atoms with Crippen LogP contribution in [0, 0.1) is 13.8 Å². The van der Waals surface area contributed by atoms with Crippen molar-refractivity contribution in [3.8, 4) is 5.69 Å². The molecule has 1 aromatic carbocycles. The second-order valence-electron chi connectivity index (χ2n) is 3.63. The fourth-order valence-electron chi connectivity index (χ4n) is 1.65. The van der Waals surface area contributed by atoms with Gasteiger partial charge in [-0.15, -0.1) is 0 Å². The van der Waals surface area contributed by atoms with E-state index in [1.54, 1.807) is 12.1 Å². The van der Waals surface area contributed by atoms with Gasteiger partial charge in [-0.25, -0.2) is 4.98 Å². The molecule has 0 bridgehead atoms. The summed E-state index contributed by atoms with van der Waals surface area (Å²) < 4.78 is 2.88. The van der Waals surface area contributed by atoms with Gasteiger partial charge in [-0.05, 0) is 48.0 Å². The van der Waals surface area contributed by atoms with Crippen molar-refractivity contribution in [2.75, 3.05) is 0 Å². The van der Waals surface area contributed by atoms with Crippen LogP contribution < -0.4 is 0 Å². The van der Waals surface area contributed by atoms with Gasteiger partial charge in [0.2, 0.25) is 0 Å². The van der Waals surface area contributed by atoms with Crippen molar-refractivity contribution in [2.45, 2.75) is 13.8 Å². The lowest BCUT2D eigenvalue weighted by Gasteiger charge is -2.07. The monoisotopic (exact) mass is 278 g/mol. The normalized spacial score (nSPS) is 10.4. The topological polar surface area (TPSA) is 34.9 Å². The molecule has 0 aliphatic carbocycles. The molecule has 82 valence electrons. The first-order valence-corrected chi connectivity index (χ1v) is 5.69. The molecule has 0 amide bonds. The van der Waals surface area contributed by atoms with E-state index in [-0.39, 0.29) is 0 Å². The third-order valence-electron chi connectivity index (χ3n) is 2.37. The van der Waals surface area contributed by atoms with Gasteiger partial charge in [0, 0.05) is 16.2 Å². The van der Waals surface area contributed by atoms with Gasteiger partial charge in [0.15, 0.2) is 0 Å². The van der Waals surface area contributed by atoms with Crippen LogP contribution >= 0.6 is 15.9 Å². The third kappa shape index (κ3) is 1.93. The number of nitrogens with zero attached hydrogens (tertiary/aromatic N) is 2. The molecule has 4 heteroatoms. The van der Waals surface area contributed by atoms with E-state index in [2.05, 4.69) is 20.9 Å². The van der Waals surface area contributed by atoms with Crippen LogP contribution in [0.4, 0.5) is 0 Å². The molecular formula is C12H11BrN2O. The molecule has 1 heterocycles. The third-order valence-corrected chi connectivity index (χ3v) is 3.01. The smallest absolute Gasteiger partial charge is 0.150 e. The molecule has 0 radical (unpaired) electrons. The van der Waals surface area contributed by atoms with Crippen LogP contribution in [0.15, 0.2) is 28.9 Å². The molecule has 0 spiro atoms. The Morgan fingerprint density at radius 3 is 2.62 bits per heavy atom. The zero-order valence-electron chi connectivity index (χ0n) is 9.07. The molecule has 0 saturated carbocycles. The van der Waals surface area contributed by atoms with E-state index in [0.717, 1.165) is 28.0 Å². The zero-order chi connectivity index (χ0) is 11.7. The summed E-state index contributed by atoms with van der Waals surface area (Å²) in [6.07, 6.45) is 2.80. The molecule has 0 aliphatic heterocycles. The predicted molar refractivity (Wildman–Crippen MR) is 66.1 cm³/mol. The lowest BCUT2D eigenvalue weighted by Crippen LogP contribution is -1.97. The van der Waals surface area contributed by atoms with Crippen LogP contribution in [0.25, 0.3) is 5.69 Å². The van der Waals surface area contributed by atoms with Crippen LogP contribution in [0.2, 0.25) is 0 Å². The fraction of sp³-hybridized carbons (Fsp3) is 0.167. The second kappa shape index (κ2) is 4.22. The SMILES string of the molecule is Cc1cn(-c2ccc(C=O)cc2Br)c(C)n1. The highest BCUT2D eigenvalue weighted by molar-refractivity contribution is 9.10. The number of halogens is 1. The Labute approximate surface area is 102 Å². The van der Waals surface area contributed by atoms with E-state index < -0.39 is 0 Å². The summed E-state index contributed by atoms with van der Waals surface area (Å²) in [5, 5.41) is 0. The Balaban J connectivity index is 2.56. The number of carbonyl (C=O) groups excluding carboxylic acids is 1. The highest BCUT2D eigenvalue weighted by Crippen LogP contribution is 2.23. The number of aromatic nitrogens is 2. The summed E-state index contributed by atoms with van der Waals surface area (Å²) >= 11 is 3.46. The first-order chi connectivity index (χ1) is 7.61. The molecule has 0 N–H and O–H groups in total. The number of benzene rings is 1. The van der Waals surface area contributed by atoms with E-state index in [4.69, 9.17) is 0 Å². The summed E-state index contributed by atoms with van der Waals surface area (Å²) in [6, 6.07) is 5.50. The highest BCUT2D eigenvalue weighted by Gasteiger charge is 2.07. The molecule has 16 heavy (non-hydrogen) atoms. The Kier molecular flexibility index (Phi) is 2.92. The fourth-order valence-corrected chi connectivity index (χ4v) is 2.24. The Morgan fingerprint density at radius 1 is 1.38 bits per heavy atom. The van der Waals surface area contributed by atoms with Crippen molar-refractivity contribution < 1.29 is 4.79 Å². The Bertz CT molecular complexity index is 546. The number of hydrogen-bond donors (Lipinski definition) is 0. The number of aryl methyl sites for hydroxylation is 2. The predicted octanol–water partition coefficient (Wildman–Crippen LogP) is 3.06. The van der Waals surface area contributed by atoms with Gasteiger partial charge in [0.05, 0.1) is 11.4 Å². The zero-order valence-corrected chi connectivity index (χ0v) is 10.7. The number of hydrogen-bond acceptors (Lipinski definition) is 2. The van der Waals surface area contributed by atoms with Crippen LogP contribution in [-0.2, 0) is 0 Å². The average Bonchev–Trinajstić information content (AvgIpc) is 2.57. The maximum Gasteiger partial charge on any atom is 0.150 e. The molecule has 0 saturated heterocycles. The van der Waals surface area contributed by atoms with Gasteiger partial charge in [0.1, 0.15) is 12.1 Å². The highest BCUT2D eigenvalue weighted by atomic mass is 79.9. The first-order valence-electron chi connectivity index (χ1n) is 4.89. The van der Waals surface area contributed by atoms with Crippen molar-refractivity contribution in [2.24, 2.45) is 0 Å². The Hall–Kier alpha value is -1.42. The maximum absolute atomic E-state index is 10.6. The summed E-state index contributed by atoms with van der Waals surface area (Å²) in [7, 11) is 0. The van der Waals surface area contributed by atoms with Crippen LogP contribution in [0.5, 0.6) is 0 Å². The largest absolute Gasteiger partial charge is 0.303 e. The minimum atomic E-state index is 0.658. The summed E-state index contributed by atoms with van der Waals surface area (Å²) in [5.74, 6) is 0.928. The number of rotatable bonds is 2. The number of carbonyl (C=O) groups is 1. The summed E-state index contributed by atoms with van der Waals surface area (Å²) in [6.45, 7) is 3.91. The van der Waals surface area contributed by atoms with E-state index in [0.29, 0.717) is 5.56 Å². The van der Waals surface area contributed by atoms with Crippen molar-refractivity contribution in [1.29, 1.82) is 0 Å². The minimum Gasteiger partial charge on any atom is -0.303 e. The molecular weight excluding hydrogens is 268 g/mol. The van der Waals surface area contributed by atoms with Crippen LogP contribution in [0.1, 0.15) is 21.9 Å². The first kappa shape index (κ1) is 11.1. The van der Waals surface area contributed by atoms with Gasteiger partial charge in [-0.3, -0.25) is 4.79 Å². The molecule has 2 rings (SSSR count). The van der Waals surface area contributed by atoms with Gasteiger partial charge >= 0.3 is 0 Å². The van der Waals surface area contributed by atoms with Gasteiger partial charge in [-0.2, -0.15) is 0 Å². The summed E-state index contributed by atoms with van der Waals surface area (Å²) in [5.41, 5.74) is 2.62. The number of imidazole rings is 1. The lowest BCUT2D eigenvalue weighted by molar-refractivity contribution is 0.112. The van der Waals surface area contributed by atoms with Crippen molar-refractivity contribution >= 4 is 22.2 Å². The van der Waals surface area contributed by atoms with E-state index in [1.807, 2.05) is 30.7 Å². The maximum atomic E-state index is 10.6. The summed E-state index contributed by atoms with van der Waals surface area (Å²) in [4.78, 5) is 15.0. The van der Waals surface area contributed by atoms with Crippen LogP contribution in [-0.4, -0.2) is 15.8 Å². The average molecular weight is 279 g/mol. The van der Waals surface area contributed by atoms with E-state index in [1.165, 1.54) is 0 Å². The molecule has 2 aromatic rings. The molecule has 0 unspecified atom stereocenters. The quantitative estimate of drug-likeness (QED) is 0.792. The molecule has 0 aliphatic rings. The standard InChI is InChI=1S/C12H11BrN2O/c1-8-6-15(9(2)14-8)12-4-3-10(7-16)5-11(12)13/h3-7H,1-2H3. The molecule has 0 atom stereocenters. The minimum absolute atomic E-state index is 0.658. The van der Waals surface area contributed by atoms with Crippen molar-refractivity contribution in [3.63, 3.8) is 0 Å². The Morgan fingerprint density at radius 2 is 2.12 bits per heavy atom. The molecule has 3 nitrogen and oxygen atoms in total. The lowest BCUT2D eigenvalue weighted by atomic mass is 10.2. The van der Waals surface area contributed by atoms with E-state index >= 15 is 0 Å². The molecule has 1 aromatic heterocycles. The van der Waals surface area contributed by atoms with Crippen molar-refractivity contribution in [1.82, 2.24) is 9.55 Å². The van der Waals surface area contributed by atoms with Crippen molar-refractivity contribution in [3.05, 3.63) is 46.0 Å². The number of aldehydes is 1. The second-order valence-corrected chi connectivity index (χ2v) is 4.48. The van der Waals surface area contributed by atoms with E-state index in [9.17, 15) is 4.79 Å². The molecule has 0 fully saturated rings. The van der Waals surface area contributed by atoms with Gasteiger partial charge in [-0.1, -0.05) is 0 Å². The van der Waals surface area contributed by atoms with Crippen LogP contribution in [0.3, 0.4) is 0 Å². The van der Waals surface area contributed by atoms with Gasteiger partial charge < -0.3 is 4.57 Å².